The number of hydrogen-bond acceptors (Lipinski definition) is 2. The van der Waals surface area contributed by atoms with E-state index in [4.69, 9.17) is 5.11 Å². The minimum absolute atomic E-state index is 0.0136. The average molecular weight is 263 g/mol. The van der Waals surface area contributed by atoms with Gasteiger partial charge in [-0.1, -0.05) is 38.5 Å². The molecular formula is C15H21NO3. The predicted molar refractivity (Wildman–Crippen MR) is 74.2 cm³/mol. The van der Waals surface area contributed by atoms with Gasteiger partial charge in [0.05, 0.1) is 5.56 Å². The summed E-state index contributed by atoms with van der Waals surface area (Å²) in [4.78, 5) is 22.7. The second kappa shape index (κ2) is 7.56. The van der Waals surface area contributed by atoms with Crippen LogP contribution in [0.4, 0.5) is 0 Å². The Morgan fingerprint density at radius 2 is 2.00 bits per heavy atom. The van der Waals surface area contributed by atoms with Gasteiger partial charge in [0, 0.05) is 12.5 Å². The second-order valence-corrected chi connectivity index (χ2v) is 4.69. The Kier molecular flexibility index (Phi) is 6.06. The van der Waals surface area contributed by atoms with E-state index in [1.165, 1.54) is 0 Å². The molecule has 2 N–H and O–H groups in total. The Hall–Kier alpha value is -1.84. The standard InChI is InChI=1S/C15H21NO3/c1-3-6-11(2)14(17)16-10-9-12-7-4-5-8-13(12)15(18)19/h4-5,7-8,11H,3,6,9-10H2,1-2H3,(H,16,17)(H,18,19). The topological polar surface area (TPSA) is 66.4 Å². The van der Waals surface area contributed by atoms with Crippen LogP contribution in [0.5, 0.6) is 0 Å². The van der Waals surface area contributed by atoms with Crippen molar-refractivity contribution in [1.29, 1.82) is 0 Å². The fraction of sp³-hybridized carbons (Fsp3) is 0.467. The lowest BCUT2D eigenvalue weighted by molar-refractivity contribution is -0.124. The maximum Gasteiger partial charge on any atom is 0.335 e. The molecule has 0 saturated heterocycles. The maximum atomic E-state index is 11.7. The minimum Gasteiger partial charge on any atom is -0.478 e. The van der Waals surface area contributed by atoms with Gasteiger partial charge in [-0.05, 0) is 24.5 Å². The van der Waals surface area contributed by atoms with E-state index in [0.29, 0.717) is 18.5 Å². The number of carbonyl (C=O) groups excluding carboxylic acids is 1. The highest BCUT2D eigenvalue weighted by atomic mass is 16.4. The number of rotatable bonds is 7. The highest BCUT2D eigenvalue weighted by Gasteiger charge is 2.12. The van der Waals surface area contributed by atoms with Gasteiger partial charge < -0.3 is 10.4 Å². The van der Waals surface area contributed by atoms with Crippen molar-refractivity contribution in [1.82, 2.24) is 5.32 Å². The second-order valence-electron chi connectivity index (χ2n) is 4.69. The molecule has 1 atom stereocenters. The van der Waals surface area contributed by atoms with E-state index in [1.54, 1.807) is 18.2 Å². The van der Waals surface area contributed by atoms with Gasteiger partial charge in [-0.3, -0.25) is 4.79 Å². The highest BCUT2D eigenvalue weighted by Crippen LogP contribution is 2.09. The molecular weight excluding hydrogens is 242 g/mol. The summed E-state index contributed by atoms with van der Waals surface area (Å²) in [5.41, 5.74) is 1.05. The summed E-state index contributed by atoms with van der Waals surface area (Å²) >= 11 is 0. The molecule has 1 amide bonds. The molecule has 4 nitrogen and oxygen atoms in total. The van der Waals surface area contributed by atoms with Gasteiger partial charge in [-0.15, -0.1) is 0 Å². The Morgan fingerprint density at radius 3 is 2.63 bits per heavy atom. The molecule has 0 saturated carbocycles. The fourth-order valence-corrected chi connectivity index (χ4v) is 2.01. The molecule has 0 aliphatic heterocycles. The maximum absolute atomic E-state index is 11.7. The van der Waals surface area contributed by atoms with E-state index in [0.717, 1.165) is 18.4 Å². The Bertz CT molecular complexity index is 443. The molecule has 0 bridgehead atoms. The number of nitrogens with one attached hydrogen (secondary N) is 1. The van der Waals surface area contributed by atoms with E-state index >= 15 is 0 Å². The summed E-state index contributed by atoms with van der Waals surface area (Å²) < 4.78 is 0. The minimum atomic E-state index is -0.929. The summed E-state index contributed by atoms with van der Waals surface area (Å²) in [6.45, 7) is 4.42. The van der Waals surface area contributed by atoms with Gasteiger partial charge in [-0.25, -0.2) is 4.79 Å². The fourth-order valence-electron chi connectivity index (χ4n) is 2.01. The first-order valence-electron chi connectivity index (χ1n) is 6.65. The third-order valence-corrected chi connectivity index (χ3v) is 3.11. The van der Waals surface area contributed by atoms with Crippen molar-refractivity contribution >= 4 is 11.9 Å². The van der Waals surface area contributed by atoms with Gasteiger partial charge in [0.1, 0.15) is 0 Å². The number of carboxylic acids is 1. The SMILES string of the molecule is CCCC(C)C(=O)NCCc1ccccc1C(=O)O. The van der Waals surface area contributed by atoms with Crippen LogP contribution in [-0.2, 0) is 11.2 Å². The molecule has 19 heavy (non-hydrogen) atoms. The summed E-state index contributed by atoms with van der Waals surface area (Å²) in [5.74, 6) is -0.879. The van der Waals surface area contributed by atoms with E-state index in [9.17, 15) is 9.59 Å². The average Bonchev–Trinajstić information content (AvgIpc) is 2.39. The Labute approximate surface area is 113 Å². The van der Waals surface area contributed by atoms with E-state index in [-0.39, 0.29) is 11.8 Å². The number of carbonyl (C=O) groups is 2. The lowest BCUT2D eigenvalue weighted by atomic mass is 10.0. The van der Waals surface area contributed by atoms with Crippen LogP contribution in [0.25, 0.3) is 0 Å². The molecule has 4 heteroatoms. The highest BCUT2D eigenvalue weighted by molar-refractivity contribution is 5.89. The van der Waals surface area contributed by atoms with Crippen molar-refractivity contribution in [3.63, 3.8) is 0 Å². The zero-order valence-corrected chi connectivity index (χ0v) is 11.5. The third kappa shape index (κ3) is 4.73. The van der Waals surface area contributed by atoms with Crippen LogP contribution in [0.2, 0.25) is 0 Å². The molecule has 104 valence electrons. The first kappa shape index (κ1) is 15.2. The van der Waals surface area contributed by atoms with E-state index in [1.807, 2.05) is 19.9 Å². The third-order valence-electron chi connectivity index (χ3n) is 3.11. The number of benzene rings is 1. The number of hydrogen-bond donors (Lipinski definition) is 2. The normalized spacial score (nSPS) is 11.9. The lowest BCUT2D eigenvalue weighted by Gasteiger charge is -2.11. The smallest absolute Gasteiger partial charge is 0.335 e. The van der Waals surface area contributed by atoms with Crippen LogP contribution in [0, 0.1) is 5.92 Å². The quantitative estimate of drug-likeness (QED) is 0.794. The van der Waals surface area contributed by atoms with E-state index in [2.05, 4.69) is 5.32 Å². The first-order valence-corrected chi connectivity index (χ1v) is 6.65. The van der Waals surface area contributed by atoms with Crippen LogP contribution >= 0.6 is 0 Å². The van der Waals surface area contributed by atoms with Crippen LogP contribution in [-0.4, -0.2) is 23.5 Å². The molecule has 0 fully saturated rings. The van der Waals surface area contributed by atoms with Crippen molar-refractivity contribution in [3.05, 3.63) is 35.4 Å². The molecule has 1 rings (SSSR count). The van der Waals surface area contributed by atoms with Gasteiger partial charge >= 0.3 is 5.97 Å². The zero-order chi connectivity index (χ0) is 14.3. The number of aromatic carboxylic acids is 1. The van der Waals surface area contributed by atoms with Crippen LogP contribution in [0.3, 0.4) is 0 Å². The van der Waals surface area contributed by atoms with Crippen LogP contribution < -0.4 is 5.32 Å². The van der Waals surface area contributed by atoms with Gasteiger partial charge in [0.25, 0.3) is 0 Å². The molecule has 0 radical (unpaired) electrons. The molecule has 0 aliphatic carbocycles. The van der Waals surface area contributed by atoms with E-state index < -0.39 is 5.97 Å². The summed E-state index contributed by atoms with van der Waals surface area (Å²) in [5, 5.41) is 11.9. The first-order chi connectivity index (χ1) is 9.06. The van der Waals surface area contributed by atoms with Crippen molar-refractivity contribution in [2.45, 2.75) is 33.1 Å². The van der Waals surface area contributed by atoms with Gasteiger partial charge in [0.2, 0.25) is 5.91 Å². The van der Waals surface area contributed by atoms with Gasteiger partial charge in [0.15, 0.2) is 0 Å². The molecule has 1 aromatic rings. The number of amides is 1. The van der Waals surface area contributed by atoms with Crippen molar-refractivity contribution in [3.8, 4) is 0 Å². The van der Waals surface area contributed by atoms with Gasteiger partial charge in [-0.2, -0.15) is 0 Å². The van der Waals surface area contributed by atoms with Crippen molar-refractivity contribution < 1.29 is 14.7 Å². The summed E-state index contributed by atoms with van der Waals surface area (Å²) in [7, 11) is 0. The van der Waals surface area contributed by atoms with Crippen molar-refractivity contribution in [2.75, 3.05) is 6.54 Å². The number of carboxylic acid groups (broad SMARTS) is 1. The summed E-state index contributed by atoms with van der Waals surface area (Å²) in [6.07, 6.45) is 2.39. The molecule has 1 aromatic carbocycles. The summed E-state index contributed by atoms with van der Waals surface area (Å²) in [6, 6.07) is 6.88. The van der Waals surface area contributed by atoms with Crippen LogP contribution in [0.1, 0.15) is 42.6 Å². The van der Waals surface area contributed by atoms with Crippen LogP contribution in [0.15, 0.2) is 24.3 Å². The Morgan fingerprint density at radius 1 is 1.32 bits per heavy atom. The Balaban J connectivity index is 2.50. The molecule has 1 unspecified atom stereocenters. The zero-order valence-electron chi connectivity index (χ0n) is 11.5. The molecule has 0 aromatic heterocycles. The lowest BCUT2D eigenvalue weighted by Crippen LogP contribution is -2.31. The predicted octanol–water partition coefficient (Wildman–Crippen LogP) is 2.48. The largest absolute Gasteiger partial charge is 0.478 e. The molecule has 0 heterocycles. The molecule has 0 aliphatic rings. The molecule has 0 spiro atoms. The monoisotopic (exact) mass is 263 g/mol. The van der Waals surface area contributed by atoms with Crippen molar-refractivity contribution in [2.24, 2.45) is 5.92 Å².